The molecule has 0 unspecified atom stereocenters. The third-order valence-electron chi connectivity index (χ3n) is 5.30. The second-order valence-electron chi connectivity index (χ2n) is 7.43. The third kappa shape index (κ3) is 5.31. The number of ether oxygens (including phenoxy) is 1. The Bertz CT molecular complexity index is 981. The smallest absolute Gasteiger partial charge is 0.265 e. The molecule has 2 aromatic carbocycles. The summed E-state index contributed by atoms with van der Waals surface area (Å²) < 4.78 is 33.5. The molecule has 2 N–H and O–H groups in total. The molecule has 0 atom stereocenters. The van der Waals surface area contributed by atoms with Crippen LogP contribution in [0.25, 0.3) is 0 Å². The molecule has 3 rings (SSSR count). The van der Waals surface area contributed by atoms with Gasteiger partial charge in [0, 0.05) is 18.8 Å². The number of benzene rings is 2. The lowest BCUT2D eigenvalue weighted by Gasteiger charge is -2.29. The number of aryl methyl sites for hydroxylation is 1. The zero-order valence-electron chi connectivity index (χ0n) is 17.3. The van der Waals surface area contributed by atoms with Crippen molar-refractivity contribution in [2.45, 2.75) is 43.6 Å². The van der Waals surface area contributed by atoms with Crippen LogP contribution in [-0.4, -0.2) is 50.6 Å². The first-order valence-corrected chi connectivity index (χ1v) is 11.5. The number of nitrogens with one attached hydrogen (secondary N) is 1. The Morgan fingerprint density at radius 2 is 1.77 bits per heavy atom. The molecule has 1 amide bonds. The first-order chi connectivity index (χ1) is 14.3. The van der Waals surface area contributed by atoms with Gasteiger partial charge in [0.2, 0.25) is 5.91 Å². The lowest BCUT2D eigenvalue weighted by molar-refractivity contribution is -0.132. The summed E-state index contributed by atoms with van der Waals surface area (Å²) in [6, 6.07) is 11.9. The van der Waals surface area contributed by atoms with Crippen LogP contribution in [-0.2, 0) is 27.7 Å². The maximum atomic E-state index is 12.9. The van der Waals surface area contributed by atoms with Crippen molar-refractivity contribution in [2.75, 3.05) is 24.9 Å². The fourth-order valence-electron chi connectivity index (χ4n) is 3.45. The molecule has 2 aromatic rings. The Kier molecular flexibility index (Phi) is 6.99. The van der Waals surface area contributed by atoms with E-state index in [0.29, 0.717) is 38.0 Å². The highest BCUT2D eigenvalue weighted by atomic mass is 32.2. The van der Waals surface area contributed by atoms with Crippen molar-refractivity contribution in [2.24, 2.45) is 0 Å². The van der Waals surface area contributed by atoms with E-state index in [1.165, 1.54) is 7.11 Å². The van der Waals surface area contributed by atoms with Gasteiger partial charge in [0.1, 0.15) is 10.6 Å². The standard InChI is InChI=1S/C22H28N2O5S/c1-3-16-6-9-20(29-2)21(14-16)30(27,28)23-18-7-4-17(5-8-18)15-22(26)24-12-10-19(25)11-13-24/h4-9,14,19,23,25H,3,10-13,15H2,1-2H3. The van der Waals surface area contributed by atoms with Crippen LogP contribution in [0.3, 0.4) is 0 Å². The Morgan fingerprint density at radius 3 is 2.37 bits per heavy atom. The first-order valence-electron chi connectivity index (χ1n) is 10.1. The van der Waals surface area contributed by atoms with Gasteiger partial charge in [0.05, 0.1) is 19.6 Å². The topological polar surface area (TPSA) is 95.9 Å². The number of rotatable bonds is 7. The van der Waals surface area contributed by atoms with Crippen LogP contribution < -0.4 is 9.46 Å². The molecule has 0 aliphatic carbocycles. The van der Waals surface area contributed by atoms with Gasteiger partial charge in [-0.2, -0.15) is 0 Å². The van der Waals surface area contributed by atoms with E-state index in [1.54, 1.807) is 41.3 Å². The number of piperidine rings is 1. The summed E-state index contributed by atoms with van der Waals surface area (Å²) in [5.74, 6) is 0.296. The zero-order chi connectivity index (χ0) is 21.7. The number of nitrogens with zero attached hydrogens (tertiary/aromatic N) is 1. The quantitative estimate of drug-likeness (QED) is 0.701. The minimum atomic E-state index is -3.82. The van der Waals surface area contributed by atoms with E-state index in [4.69, 9.17) is 4.74 Å². The van der Waals surface area contributed by atoms with Gasteiger partial charge in [-0.05, 0) is 54.7 Å². The minimum Gasteiger partial charge on any atom is -0.495 e. The molecule has 162 valence electrons. The normalized spacial score (nSPS) is 15.1. The van der Waals surface area contributed by atoms with Crippen molar-refractivity contribution >= 4 is 21.6 Å². The second kappa shape index (κ2) is 9.49. The van der Waals surface area contributed by atoms with E-state index in [2.05, 4.69) is 4.72 Å². The number of amides is 1. The maximum Gasteiger partial charge on any atom is 0.265 e. The zero-order valence-corrected chi connectivity index (χ0v) is 18.1. The van der Waals surface area contributed by atoms with Crippen LogP contribution in [0.2, 0.25) is 0 Å². The second-order valence-corrected chi connectivity index (χ2v) is 9.08. The van der Waals surface area contributed by atoms with Gasteiger partial charge in [-0.1, -0.05) is 25.1 Å². The first kappa shape index (κ1) is 22.1. The number of likely N-dealkylation sites (tertiary alicyclic amines) is 1. The van der Waals surface area contributed by atoms with Crippen molar-refractivity contribution in [3.05, 3.63) is 53.6 Å². The Hall–Kier alpha value is -2.58. The summed E-state index contributed by atoms with van der Waals surface area (Å²) in [5, 5.41) is 9.56. The van der Waals surface area contributed by atoms with Crippen molar-refractivity contribution in [1.29, 1.82) is 0 Å². The van der Waals surface area contributed by atoms with Gasteiger partial charge in [0.25, 0.3) is 10.0 Å². The summed E-state index contributed by atoms with van der Waals surface area (Å²) in [4.78, 5) is 14.3. The highest BCUT2D eigenvalue weighted by molar-refractivity contribution is 7.92. The Balaban J connectivity index is 1.69. The highest BCUT2D eigenvalue weighted by Crippen LogP contribution is 2.27. The van der Waals surface area contributed by atoms with Crippen molar-refractivity contribution in [3.8, 4) is 5.75 Å². The lowest BCUT2D eigenvalue weighted by Crippen LogP contribution is -2.40. The van der Waals surface area contributed by atoms with Crippen LogP contribution in [0.15, 0.2) is 47.4 Å². The Morgan fingerprint density at radius 1 is 1.13 bits per heavy atom. The van der Waals surface area contributed by atoms with E-state index in [9.17, 15) is 18.3 Å². The molecule has 0 bridgehead atoms. The number of hydrogen-bond donors (Lipinski definition) is 2. The van der Waals surface area contributed by atoms with Gasteiger partial charge in [-0.15, -0.1) is 0 Å². The molecule has 30 heavy (non-hydrogen) atoms. The van der Waals surface area contributed by atoms with E-state index in [-0.39, 0.29) is 29.1 Å². The van der Waals surface area contributed by atoms with Crippen molar-refractivity contribution in [1.82, 2.24) is 4.90 Å². The van der Waals surface area contributed by atoms with E-state index >= 15 is 0 Å². The molecule has 0 saturated carbocycles. The summed E-state index contributed by atoms with van der Waals surface area (Å²) in [6.45, 7) is 3.09. The van der Waals surface area contributed by atoms with Crippen LogP contribution in [0.5, 0.6) is 5.75 Å². The highest BCUT2D eigenvalue weighted by Gasteiger charge is 2.22. The summed E-state index contributed by atoms with van der Waals surface area (Å²) in [6.07, 6.45) is 1.85. The van der Waals surface area contributed by atoms with Gasteiger partial charge < -0.3 is 14.7 Å². The maximum absolute atomic E-state index is 12.9. The van der Waals surface area contributed by atoms with Gasteiger partial charge in [-0.3, -0.25) is 9.52 Å². The van der Waals surface area contributed by atoms with Crippen LogP contribution in [0.4, 0.5) is 5.69 Å². The SMILES string of the molecule is CCc1ccc(OC)c(S(=O)(=O)Nc2ccc(CC(=O)N3CCC(O)CC3)cc2)c1. The number of carbonyl (C=O) groups is 1. The molecule has 1 aliphatic heterocycles. The predicted octanol–water partition coefficient (Wildman–Crippen LogP) is 2.58. The van der Waals surface area contributed by atoms with E-state index < -0.39 is 10.0 Å². The molecule has 1 saturated heterocycles. The molecule has 1 aliphatic rings. The lowest BCUT2D eigenvalue weighted by atomic mass is 10.1. The molecule has 0 radical (unpaired) electrons. The molecule has 1 heterocycles. The number of methoxy groups -OCH3 is 1. The molecular formula is C22H28N2O5S. The fourth-order valence-corrected chi connectivity index (χ4v) is 4.73. The van der Waals surface area contributed by atoms with E-state index in [0.717, 1.165) is 11.1 Å². The predicted molar refractivity (Wildman–Crippen MR) is 115 cm³/mol. The molecule has 8 heteroatoms. The number of anilines is 1. The third-order valence-corrected chi connectivity index (χ3v) is 6.71. The molecule has 7 nitrogen and oxygen atoms in total. The van der Waals surface area contributed by atoms with Gasteiger partial charge in [0.15, 0.2) is 0 Å². The average Bonchev–Trinajstić information content (AvgIpc) is 2.75. The van der Waals surface area contributed by atoms with Crippen molar-refractivity contribution < 1.29 is 23.1 Å². The number of carbonyl (C=O) groups excluding carboxylic acids is 1. The number of hydrogen-bond acceptors (Lipinski definition) is 5. The van der Waals surface area contributed by atoms with Gasteiger partial charge >= 0.3 is 0 Å². The average molecular weight is 433 g/mol. The fraction of sp³-hybridized carbons (Fsp3) is 0.409. The van der Waals surface area contributed by atoms with Crippen LogP contribution >= 0.6 is 0 Å². The van der Waals surface area contributed by atoms with Gasteiger partial charge in [-0.25, -0.2) is 8.42 Å². The summed E-state index contributed by atoms with van der Waals surface area (Å²) in [5.41, 5.74) is 2.12. The summed E-state index contributed by atoms with van der Waals surface area (Å²) >= 11 is 0. The monoisotopic (exact) mass is 432 g/mol. The summed E-state index contributed by atoms with van der Waals surface area (Å²) in [7, 11) is -2.38. The number of aliphatic hydroxyl groups excluding tert-OH is 1. The largest absolute Gasteiger partial charge is 0.495 e. The van der Waals surface area contributed by atoms with Crippen LogP contribution in [0, 0.1) is 0 Å². The Labute approximate surface area is 177 Å². The number of aliphatic hydroxyl groups is 1. The molecular weight excluding hydrogens is 404 g/mol. The van der Waals surface area contributed by atoms with E-state index in [1.807, 2.05) is 13.0 Å². The minimum absolute atomic E-state index is 0.0105. The molecule has 0 aromatic heterocycles. The van der Waals surface area contributed by atoms with Crippen molar-refractivity contribution in [3.63, 3.8) is 0 Å². The number of sulfonamides is 1. The molecule has 0 spiro atoms. The molecule has 1 fully saturated rings. The van der Waals surface area contributed by atoms with Crippen LogP contribution in [0.1, 0.15) is 30.9 Å².